The molecule has 0 aliphatic heterocycles. The van der Waals surface area contributed by atoms with Gasteiger partial charge in [0.05, 0.1) is 12.8 Å². The van der Waals surface area contributed by atoms with E-state index in [-0.39, 0.29) is 0 Å². The molecule has 0 unspecified atom stereocenters. The van der Waals surface area contributed by atoms with E-state index in [1.54, 1.807) is 7.11 Å². The summed E-state index contributed by atoms with van der Waals surface area (Å²) in [4.78, 5) is 0. The number of anilines is 1. The van der Waals surface area contributed by atoms with E-state index in [1.165, 1.54) is 0 Å². The molecule has 1 aromatic carbocycles. The fourth-order valence-corrected chi connectivity index (χ4v) is 1.43. The van der Waals surface area contributed by atoms with E-state index in [1.807, 2.05) is 26.0 Å². The maximum absolute atomic E-state index is 5.23. The van der Waals surface area contributed by atoms with E-state index < -0.39 is 0 Å². The highest BCUT2D eigenvalue weighted by Gasteiger charge is 2.03. The largest absolute Gasteiger partial charge is 0.496 e. The van der Waals surface area contributed by atoms with Crippen LogP contribution >= 0.6 is 0 Å². The van der Waals surface area contributed by atoms with E-state index >= 15 is 0 Å². The topological polar surface area (TPSA) is 33.6 Å². The van der Waals surface area contributed by atoms with Gasteiger partial charge in [-0.15, -0.1) is 0 Å². The highest BCUT2D eigenvalue weighted by atomic mass is 16.5. The minimum absolute atomic E-state index is 0.926. The Hall–Kier alpha value is -1.51. The Kier molecular flexibility index (Phi) is 2.90. The third-order valence-corrected chi connectivity index (χ3v) is 1.87. The third-order valence-electron chi connectivity index (χ3n) is 1.87. The molecule has 0 amide bonds. The molecule has 0 aliphatic rings. The number of aryl methyl sites for hydroxylation is 2. The summed E-state index contributed by atoms with van der Waals surface area (Å²) in [5.41, 5.74) is 5.92. The highest BCUT2D eigenvalue weighted by Crippen LogP contribution is 2.26. The number of ether oxygens (including phenoxy) is 1. The number of benzene rings is 1. The molecule has 0 spiro atoms. The van der Waals surface area contributed by atoms with Crippen LogP contribution in [0.5, 0.6) is 5.75 Å². The van der Waals surface area contributed by atoms with Crippen LogP contribution in [0, 0.1) is 13.8 Å². The summed E-state index contributed by atoms with van der Waals surface area (Å²) >= 11 is 0. The van der Waals surface area contributed by atoms with E-state index in [4.69, 9.17) is 4.74 Å². The predicted molar refractivity (Wildman–Crippen MR) is 55.6 cm³/mol. The zero-order chi connectivity index (χ0) is 9.84. The summed E-state index contributed by atoms with van der Waals surface area (Å²) in [7, 11) is 1.67. The van der Waals surface area contributed by atoms with Crippen LogP contribution in [-0.4, -0.2) is 13.8 Å². The van der Waals surface area contributed by atoms with Crippen molar-refractivity contribution >= 4 is 12.4 Å². The van der Waals surface area contributed by atoms with Crippen LogP contribution in [0.15, 0.2) is 17.2 Å². The van der Waals surface area contributed by atoms with Gasteiger partial charge in [0.15, 0.2) is 0 Å². The quantitative estimate of drug-likeness (QED) is 0.569. The molecule has 70 valence electrons. The summed E-state index contributed by atoms with van der Waals surface area (Å²) < 4.78 is 5.23. The van der Waals surface area contributed by atoms with Gasteiger partial charge in [0.1, 0.15) is 5.75 Å². The average Bonchev–Trinajstić information content (AvgIpc) is 2.04. The number of hydrogen-bond donors (Lipinski definition) is 1. The van der Waals surface area contributed by atoms with Gasteiger partial charge in [0, 0.05) is 6.72 Å². The first kappa shape index (κ1) is 9.58. The van der Waals surface area contributed by atoms with Gasteiger partial charge < -0.3 is 4.74 Å². The van der Waals surface area contributed by atoms with Crippen LogP contribution in [0.25, 0.3) is 0 Å². The lowest BCUT2D eigenvalue weighted by Gasteiger charge is -2.10. The maximum Gasteiger partial charge on any atom is 0.124 e. The number of methoxy groups -OCH3 is 1. The van der Waals surface area contributed by atoms with Crippen molar-refractivity contribution in [2.75, 3.05) is 12.5 Å². The number of hydrazone groups is 1. The lowest BCUT2D eigenvalue weighted by Crippen LogP contribution is -1.94. The molecule has 1 rings (SSSR count). The number of hydrogen-bond acceptors (Lipinski definition) is 3. The second-order valence-corrected chi connectivity index (χ2v) is 2.91. The van der Waals surface area contributed by atoms with Gasteiger partial charge in [-0.1, -0.05) is 0 Å². The summed E-state index contributed by atoms with van der Waals surface area (Å²) in [6.07, 6.45) is 0. The highest BCUT2D eigenvalue weighted by molar-refractivity contribution is 5.55. The normalized spacial score (nSPS) is 9.46. The third kappa shape index (κ3) is 1.99. The Morgan fingerprint density at radius 3 is 2.23 bits per heavy atom. The van der Waals surface area contributed by atoms with Crippen LogP contribution < -0.4 is 10.2 Å². The summed E-state index contributed by atoms with van der Waals surface area (Å²) in [5.74, 6) is 0.926. The standard InChI is InChI=1S/C10H14N2O/c1-7-5-9(12-11-3)6-8(2)10(7)13-4/h5-6,12H,3H2,1-2,4H3. The molecule has 0 saturated heterocycles. The fraction of sp³-hybridized carbons (Fsp3) is 0.300. The molecule has 1 N–H and O–H groups in total. The molecule has 3 nitrogen and oxygen atoms in total. The lowest BCUT2D eigenvalue weighted by atomic mass is 10.1. The molecule has 13 heavy (non-hydrogen) atoms. The molecule has 1 aromatic rings. The van der Waals surface area contributed by atoms with Crippen molar-refractivity contribution < 1.29 is 4.74 Å². The van der Waals surface area contributed by atoms with Crippen molar-refractivity contribution in [2.24, 2.45) is 5.10 Å². The van der Waals surface area contributed by atoms with Crippen LogP contribution in [0.2, 0.25) is 0 Å². The minimum Gasteiger partial charge on any atom is -0.496 e. The summed E-state index contributed by atoms with van der Waals surface area (Å²) in [6.45, 7) is 7.37. The molecule has 0 heterocycles. The molecule has 0 fully saturated rings. The van der Waals surface area contributed by atoms with Gasteiger partial charge in [0.2, 0.25) is 0 Å². The summed E-state index contributed by atoms with van der Waals surface area (Å²) in [5, 5.41) is 3.60. The van der Waals surface area contributed by atoms with Crippen molar-refractivity contribution in [3.63, 3.8) is 0 Å². The van der Waals surface area contributed by atoms with Gasteiger partial charge in [-0.3, -0.25) is 5.43 Å². The SMILES string of the molecule is C=NNc1cc(C)c(OC)c(C)c1. The molecule has 0 atom stereocenters. The van der Waals surface area contributed by atoms with Crippen molar-refractivity contribution in [3.05, 3.63) is 23.3 Å². The number of rotatable bonds is 3. The van der Waals surface area contributed by atoms with E-state index in [0.29, 0.717) is 0 Å². The van der Waals surface area contributed by atoms with Crippen molar-refractivity contribution in [3.8, 4) is 5.75 Å². The van der Waals surface area contributed by atoms with Crippen molar-refractivity contribution in [2.45, 2.75) is 13.8 Å². The average molecular weight is 178 g/mol. The molecule has 0 aliphatic carbocycles. The van der Waals surface area contributed by atoms with E-state index in [0.717, 1.165) is 22.6 Å². The molecule has 0 aromatic heterocycles. The molecule has 0 saturated carbocycles. The van der Waals surface area contributed by atoms with Crippen molar-refractivity contribution in [1.82, 2.24) is 0 Å². The van der Waals surface area contributed by atoms with Crippen LogP contribution in [0.3, 0.4) is 0 Å². The molecule has 0 radical (unpaired) electrons. The van der Waals surface area contributed by atoms with Gasteiger partial charge in [-0.05, 0) is 37.1 Å². The molecular formula is C10H14N2O. The van der Waals surface area contributed by atoms with Crippen molar-refractivity contribution in [1.29, 1.82) is 0 Å². The van der Waals surface area contributed by atoms with Crippen LogP contribution in [0.4, 0.5) is 5.69 Å². The Morgan fingerprint density at radius 1 is 1.31 bits per heavy atom. The first-order valence-corrected chi connectivity index (χ1v) is 4.06. The molecule has 0 bridgehead atoms. The first-order valence-electron chi connectivity index (χ1n) is 4.06. The zero-order valence-corrected chi connectivity index (χ0v) is 8.22. The first-order chi connectivity index (χ1) is 6.19. The van der Waals surface area contributed by atoms with Gasteiger partial charge in [-0.2, -0.15) is 5.10 Å². The summed E-state index contributed by atoms with van der Waals surface area (Å²) in [6, 6.07) is 3.95. The maximum atomic E-state index is 5.23. The molecular weight excluding hydrogens is 164 g/mol. The predicted octanol–water partition coefficient (Wildman–Crippen LogP) is 2.34. The van der Waals surface area contributed by atoms with E-state index in [2.05, 4.69) is 17.2 Å². The Bertz CT molecular complexity index is 298. The Balaban J connectivity index is 3.12. The zero-order valence-electron chi connectivity index (χ0n) is 8.22. The fourth-order valence-electron chi connectivity index (χ4n) is 1.43. The minimum atomic E-state index is 0.926. The van der Waals surface area contributed by atoms with Gasteiger partial charge in [-0.25, -0.2) is 0 Å². The Morgan fingerprint density at radius 2 is 1.85 bits per heavy atom. The van der Waals surface area contributed by atoms with Gasteiger partial charge >= 0.3 is 0 Å². The number of nitrogens with zero attached hydrogens (tertiary/aromatic N) is 1. The monoisotopic (exact) mass is 178 g/mol. The van der Waals surface area contributed by atoms with Crippen LogP contribution in [0.1, 0.15) is 11.1 Å². The second kappa shape index (κ2) is 3.94. The number of nitrogens with one attached hydrogen (secondary N) is 1. The Labute approximate surface area is 78.4 Å². The lowest BCUT2D eigenvalue weighted by molar-refractivity contribution is 0.408. The molecule has 3 heteroatoms. The van der Waals surface area contributed by atoms with E-state index in [9.17, 15) is 0 Å². The van der Waals surface area contributed by atoms with Crippen LogP contribution in [-0.2, 0) is 0 Å². The smallest absolute Gasteiger partial charge is 0.124 e. The van der Waals surface area contributed by atoms with Gasteiger partial charge in [0.25, 0.3) is 0 Å². The second-order valence-electron chi connectivity index (χ2n) is 2.91.